The molecule has 2 aliphatic heterocycles. The van der Waals surface area contributed by atoms with Gasteiger partial charge in [0.1, 0.15) is 0 Å². The van der Waals surface area contributed by atoms with Gasteiger partial charge in [0, 0.05) is 38.6 Å². The Hall–Kier alpha value is -3.42. The van der Waals surface area contributed by atoms with Crippen LogP contribution in [0.5, 0.6) is 0 Å². The second kappa shape index (κ2) is 7.78. The average molecular weight is 400 g/mol. The summed E-state index contributed by atoms with van der Waals surface area (Å²) in [6.07, 6.45) is 3.08. The van der Waals surface area contributed by atoms with Gasteiger partial charge in [-0.05, 0) is 46.9 Å². The number of hydrogen-bond acceptors (Lipinski definition) is 6. The number of pyridine rings is 1. The molecule has 7 heteroatoms. The molecule has 1 amide bonds. The van der Waals surface area contributed by atoms with Crippen LogP contribution in [-0.2, 0) is 26.1 Å². The van der Waals surface area contributed by atoms with E-state index in [-0.39, 0.29) is 0 Å². The van der Waals surface area contributed by atoms with Crippen molar-refractivity contribution in [3.05, 3.63) is 89.2 Å². The van der Waals surface area contributed by atoms with Gasteiger partial charge < -0.3 is 15.3 Å². The van der Waals surface area contributed by atoms with Crippen LogP contribution in [0.1, 0.15) is 22.3 Å². The van der Waals surface area contributed by atoms with Crippen LogP contribution in [0.4, 0.5) is 16.2 Å². The Kier molecular flexibility index (Phi) is 4.82. The van der Waals surface area contributed by atoms with Gasteiger partial charge in [-0.15, -0.1) is 0 Å². The number of nitrogens with zero attached hydrogens (tertiary/aromatic N) is 4. The Balaban J connectivity index is 1.42. The van der Waals surface area contributed by atoms with Gasteiger partial charge in [-0.2, -0.15) is 0 Å². The fourth-order valence-corrected chi connectivity index (χ4v) is 4.31. The van der Waals surface area contributed by atoms with Gasteiger partial charge in [-0.1, -0.05) is 36.4 Å². The molecule has 3 aromatic rings. The molecule has 30 heavy (non-hydrogen) atoms. The van der Waals surface area contributed by atoms with Crippen LogP contribution in [-0.4, -0.2) is 27.6 Å². The molecule has 2 aliphatic rings. The summed E-state index contributed by atoms with van der Waals surface area (Å²) in [5, 5.41) is 17.5. The number of hydrazine groups is 2. The molecule has 3 heterocycles. The van der Waals surface area contributed by atoms with E-state index in [1.165, 1.54) is 10.6 Å². The predicted molar refractivity (Wildman–Crippen MR) is 112 cm³/mol. The number of rotatable bonds is 4. The minimum Gasteiger partial charge on any atom is -0.529 e. The maximum atomic E-state index is 12.2. The van der Waals surface area contributed by atoms with Gasteiger partial charge in [-0.25, -0.2) is 10.0 Å². The van der Waals surface area contributed by atoms with Gasteiger partial charge >= 0.3 is 0 Å². The second-order valence-corrected chi connectivity index (χ2v) is 7.60. The lowest BCUT2D eigenvalue weighted by Gasteiger charge is -2.40. The minimum atomic E-state index is -1.21. The van der Waals surface area contributed by atoms with Crippen molar-refractivity contribution in [3.8, 4) is 0 Å². The third kappa shape index (κ3) is 3.49. The van der Waals surface area contributed by atoms with Crippen LogP contribution >= 0.6 is 0 Å². The van der Waals surface area contributed by atoms with Crippen LogP contribution in [0.15, 0.2) is 67.0 Å². The largest absolute Gasteiger partial charge is 0.529 e. The van der Waals surface area contributed by atoms with E-state index in [2.05, 4.69) is 27.6 Å². The molecule has 1 aromatic heterocycles. The van der Waals surface area contributed by atoms with Crippen molar-refractivity contribution in [2.24, 2.45) is 0 Å². The van der Waals surface area contributed by atoms with E-state index < -0.39 is 6.09 Å². The van der Waals surface area contributed by atoms with Gasteiger partial charge in [0.05, 0.1) is 11.4 Å². The summed E-state index contributed by atoms with van der Waals surface area (Å²) in [5.74, 6) is 0. The summed E-state index contributed by atoms with van der Waals surface area (Å²) in [5.41, 5.74) is 9.54. The van der Waals surface area contributed by atoms with Crippen molar-refractivity contribution < 1.29 is 9.90 Å². The number of anilines is 2. The SMILES string of the molecule is O=C([O-])N(c1cccc2c1CN(Nc1ccncc1)C2)N1CCc2ccccc2C1. The molecule has 1 N–H and O–H groups in total. The molecule has 0 bridgehead atoms. The van der Waals surface area contributed by atoms with Crippen molar-refractivity contribution in [2.75, 3.05) is 17.0 Å². The Labute approximate surface area is 175 Å². The highest BCUT2D eigenvalue weighted by Crippen LogP contribution is 2.34. The van der Waals surface area contributed by atoms with Crippen LogP contribution in [0.2, 0.25) is 0 Å². The third-order valence-electron chi connectivity index (χ3n) is 5.72. The second-order valence-electron chi connectivity index (χ2n) is 7.60. The monoisotopic (exact) mass is 400 g/mol. The number of aromatic nitrogens is 1. The summed E-state index contributed by atoms with van der Waals surface area (Å²) < 4.78 is 0. The molecule has 0 saturated carbocycles. The molecular formula is C23H22N5O2-. The lowest BCUT2D eigenvalue weighted by atomic mass is 10.0. The topological polar surface area (TPSA) is 74.8 Å². The number of nitrogens with one attached hydrogen (secondary N) is 1. The number of carboxylic acid groups (broad SMARTS) is 1. The first-order valence-corrected chi connectivity index (χ1v) is 10.0. The molecule has 0 unspecified atom stereocenters. The molecule has 0 radical (unpaired) electrons. The standard InChI is InChI=1S/C23H23N5O2/c29-23(30)28(27-13-10-17-4-1-2-5-18(17)15-27)22-7-3-6-19-14-26(16-21(19)22)25-20-8-11-24-12-9-20/h1-9,11-12H,10,13-16H2,(H,24,25)(H,29,30)/p-1. The van der Waals surface area contributed by atoms with Crippen LogP contribution in [0.3, 0.4) is 0 Å². The zero-order valence-corrected chi connectivity index (χ0v) is 16.5. The highest BCUT2D eigenvalue weighted by Gasteiger charge is 2.29. The van der Waals surface area contributed by atoms with E-state index in [9.17, 15) is 9.90 Å². The molecule has 0 atom stereocenters. The summed E-state index contributed by atoms with van der Waals surface area (Å²) in [6.45, 7) is 2.47. The summed E-state index contributed by atoms with van der Waals surface area (Å²) in [6, 6.07) is 17.8. The normalized spacial score (nSPS) is 16.0. The zero-order chi connectivity index (χ0) is 20.5. The third-order valence-corrected chi connectivity index (χ3v) is 5.72. The number of benzene rings is 2. The first kappa shape index (κ1) is 18.6. The maximum absolute atomic E-state index is 12.2. The molecule has 5 rings (SSSR count). The van der Waals surface area contributed by atoms with E-state index >= 15 is 0 Å². The zero-order valence-electron chi connectivity index (χ0n) is 16.5. The maximum Gasteiger partial charge on any atom is 0.157 e. The van der Waals surface area contributed by atoms with Crippen LogP contribution in [0.25, 0.3) is 0 Å². The molecule has 7 nitrogen and oxygen atoms in total. The molecular weight excluding hydrogens is 378 g/mol. The Bertz CT molecular complexity index is 1070. The summed E-state index contributed by atoms with van der Waals surface area (Å²) in [4.78, 5) is 16.3. The smallest absolute Gasteiger partial charge is 0.157 e. The Morgan fingerprint density at radius 3 is 2.50 bits per heavy atom. The van der Waals surface area contributed by atoms with E-state index in [0.717, 1.165) is 28.8 Å². The molecule has 0 aliphatic carbocycles. The first-order chi connectivity index (χ1) is 14.7. The van der Waals surface area contributed by atoms with Crippen molar-refractivity contribution in [3.63, 3.8) is 0 Å². The molecule has 0 fully saturated rings. The van der Waals surface area contributed by atoms with Gasteiger partial charge in [0.15, 0.2) is 6.09 Å². The summed E-state index contributed by atoms with van der Waals surface area (Å²) >= 11 is 0. The van der Waals surface area contributed by atoms with Gasteiger partial charge in [0.25, 0.3) is 0 Å². The number of hydrogen-bond donors (Lipinski definition) is 1. The van der Waals surface area contributed by atoms with Crippen LogP contribution < -0.4 is 15.5 Å². The Morgan fingerprint density at radius 2 is 1.70 bits per heavy atom. The number of fused-ring (bicyclic) bond motifs is 2. The Morgan fingerprint density at radius 1 is 0.933 bits per heavy atom. The molecule has 0 spiro atoms. The molecule has 0 saturated heterocycles. The van der Waals surface area contributed by atoms with E-state index in [1.54, 1.807) is 12.4 Å². The predicted octanol–water partition coefficient (Wildman–Crippen LogP) is 2.55. The average Bonchev–Trinajstić information content (AvgIpc) is 3.17. The quantitative estimate of drug-likeness (QED) is 0.726. The number of carbonyl (C=O) groups excluding carboxylic acids is 1. The van der Waals surface area contributed by atoms with Crippen molar-refractivity contribution in [1.29, 1.82) is 0 Å². The number of carbonyl (C=O) groups is 1. The fourth-order valence-electron chi connectivity index (χ4n) is 4.31. The highest BCUT2D eigenvalue weighted by molar-refractivity contribution is 5.85. The van der Waals surface area contributed by atoms with Gasteiger partial charge in [-0.3, -0.25) is 9.99 Å². The fraction of sp³-hybridized carbons (Fsp3) is 0.217. The van der Waals surface area contributed by atoms with Gasteiger partial charge in [0.2, 0.25) is 0 Å². The van der Waals surface area contributed by atoms with Crippen LogP contribution in [0, 0.1) is 0 Å². The van der Waals surface area contributed by atoms with Crippen molar-refractivity contribution in [2.45, 2.75) is 26.1 Å². The highest BCUT2D eigenvalue weighted by atomic mass is 16.4. The van der Waals surface area contributed by atoms with Crippen molar-refractivity contribution >= 4 is 17.5 Å². The number of amides is 1. The molecule has 2 aromatic carbocycles. The minimum absolute atomic E-state index is 0.548. The lowest BCUT2D eigenvalue weighted by molar-refractivity contribution is -0.250. The molecule has 152 valence electrons. The van der Waals surface area contributed by atoms with Crippen molar-refractivity contribution in [1.82, 2.24) is 15.0 Å². The first-order valence-electron chi connectivity index (χ1n) is 10.0. The van der Waals surface area contributed by atoms with E-state index in [0.29, 0.717) is 31.9 Å². The summed E-state index contributed by atoms with van der Waals surface area (Å²) in [7, 11) is 0. The van der Waals surface area contributed by atoms with E-state index in [1.807, 2.05) is 47.5 Å². The van der Waals surface area contributed by atoms with E-state index in [4.69, 9.17) is 0 Å². The lowest BCUT2D eigenvalue weighted by Crippen LogP contribution is -2.54.